The van der Waals surface area contributed by atoms with E-state index in [2.05, 4.69) is 41.7 Å². The summed E-state index contributed by atoms with van der Waals surface area (Å²) in [5.74, 6) is 7.08. The molecule has 146 valence electrons. The van der Waals surface area contributed by atoms with Crippen LogP contribution in [-0.4, -0.2) is 56.1 Å². The number of aromatic nitrogens is 2. The van der Waals surface area contributed by atoms with Crippen LogP contribution in [-0.2, 0) is 0 Å². The molecule has 0 fully saturated rings. The Morgan fingerprint density at radius 2 is 2.23 bits per heavy atom. The first kappa shape index (κ1) is 19.2. The fourth-order valence-electron chi connectivity index (χ4n) is 2.60. The van der Waals surface area contributed by atoms with E-state index in [0.717, 1.165) is 5.04 Å². The predicted octanol–water partition coefficient (Wildman–Crippen LogP) is 1.18. The molecule has 0 unspecified atom stereocenters. The first-order valence-electron chi connectivity index (χ1n) is 8.70. The molecule has 10 heteroatoms. The van der Waals surface area contributed by atoms with Crippen molar-refractivity contribution in [2.45, 2.75) is 0 Å². The van der Waals surface area contributed by atoms with Gasteiger partial charge in [-0.3, -0.25) is 4.79 Å². The zero-order chi connectivity index (χ0) is 20.9. The van der Waals surface area contributed by atoms with Gasteiger partial charge in [0.15, 0.2) is 0 Å². The molecule has 9 nitrogen and oxygen atoms in total. The van der Waals surface area contributed by atoms with Crippen molar-refractivity contribution < 1.29 is 14.3 Å². The Kier molecular flexibility index (Phi) is 5.42. The van der Waals surface area contributed by atoms with Crippen molar-refractivity contribution in [3.63, 3.8) is 0 Å². The van der Waals surface area contributed by atoms with Crippen LogP contribution in [0.2, 0.25) is 0 Å². The second kappa shape index (κ2) is 8.47. The molecular weight excluding hydrogens is 402 g/mol. The van der Waals surface area contributed by atoms with Crippen molar-refractivity contribution in [2.24, 2.45) is 5.11 Å². The highest BCUT2D eigenvalue weighted by atomic mass is 32.2. The van der Waals surface area contributed by atoms with Crippen molar-refractivity contribution in [3.05, 3.63) is 59.8 Å². The van der Waals surface area contributed by atoms with Crippen LogP contribution in [0.1, 0.15) is 15.9 Å². The maximum atomic E-state index is 12.6. The van der Waals surface area contributed by atoms with Crippen LogP contribution >= 0.6 is 11.8 Å². The van der Waals surface area contributed by atoms with Crippen molar-refractivity contribution in [1.29, 1.82) is 0 Å². The highest BCUT2D eigenvalue weighted by Gasteiger charge is 2.35. The van der Waals surface area contributed by atoms with Gasteiger partial charge < -0.3 is 10.1 Å². The molecule has 2 aliphatic heterocycles. The zero-order valence-electron chi connectivity index (χ0n) is 16.0. The molecule has 1 aromatic heterocycles. The number of carbonyl (C=O) groups excluding carboxylic acids is 1. The number of methoxy groups -OCH3 is 1. The quantitative estimate of drug-likeness (QED) is 0.593. The molecule has 0 saturated heterocycles. The van der Waals surface area contributed by atoms with Gasteiger partial charge in [-0.25, -0.2) is 9.65 Å². The number of ether oxygens (including phenoxy) is 1. The Hall–Kier alpha value is -4.15. The summed E-state index contributed by atoms with van der Waals surface area (Å²) in [6, 6.07) is 6.94. The molecule has 1 N–H and O–H groups in total. The number of hydrogen-bond acceptors (Lipinski definition) is 7. The number of benzene rings is 1. The summed E-state index contributed by atoms with van der Waals surface area (Å²) in [6.07, 6.45) is 8.25. The van der Waals surface area contributed by atoms with E-state index in [-0.39, 0.29) is 11.8 Å². The van der Waals surface area contributed by atoms with Crippen LogP contribution in [0.25, 0.3) is 0 Å². The highest BCUT2D eigenvalue weighted by molar-refractivity contribution is 8.13. The fourth-order valence-corrected chi connectivity index (χ4v) is 2.98. The van der Waals surface area contributed by atoms with E-state index >= 15 is 0 Å². The van der Waals surface area contributed by atoms with Gasteiger partial charge in [-0.1, -0.05) is 28.5 Å². The standard InChI is InChI=1S/C20H14N7O2S/c1-29-20-15(10-21-11-22-20)24-19(28)14-5-3-4-13(8-14)6-7-16-25-26-17-9-18(30-2)23-12-27(16)17/h3-5,8-12H,1-2H3/q+1/p+1. The largest absolute Gasteiger partial charge is 0.479 e. The summed E-state index contributed by atoms with van der Waals surface area (Å²) < 4.78 is 9.43. The second-order valence-electron chi connectivity index (χ2n) is 5.91. The molecule has 1 amide bonds. The SMILES string of the molecule is COc1ncncc1NC(=O)c1cccc(C#CC2=[N+]=NC3=CC(SC)=[N+]=CN32)c1. The van der Waals surface area contributed by atoms with E-state index in [0.29, 0.717) is 28.5 Å². The summed E-state index contributed by atoms with van der Waals surface area (Å²) in [6.45, 7) is 0. The second-order valence-corrected chi connectivity index (χ2v) is 6.74. The molecular formula is C20H15N7O2S+2. The van der Waals surface area contributed by atoms with Gasteiger partial charge in [0.05, 0.1) is 24.5 Å². The molecule has 0 saturated carbocycles. The van der Waals surface area contributed by atoms with E-state index in [4.69, 9.17) is 4.74 Å². The summed E-state index contributed by atoms with van der Waals surface area (Å²) in [7, 11) is 1.47. The molecule has 0 spiro atoms. The normalized spacial score (nSPS) is 13.5. The number of fused-ring (bicyclic) bond motifs is 1. The average Bonchev–Trinajstić information content (AvgIpc) is 3.20. The number of nitrogens with one attached hydrogen (secondary N) is 1. The van der Waals surface area contributed by atoms with Crippen LogP contribution in [0.15, 0.2) is 53.8 Å². The third-order valence-corrected chi connectivity index (χ3v) is 4.69. The summed E-state index contributed by atoms with van der Waals surface area (Å²) >= 11 is 1.53. The van der Waals surface area contributed by atoms with Crippen LogP contribution in [0.3, 0.4) is 0 Å². The number of hydrogen-bond donors (Lipinski definition) is 1. The van der Waals surface area contributed by atoms with Gasteiger partial charge in [-0.05, 0) is 24.5 Å². The summed E-state index contributed by atoms with van der Waals surface area (Å²) in [4.78, 5) is 26.3. The van der Waals surface area contributed by atoms with Gasteiger partial charge in [-0.15, -0.1) is 4.90 Å². The first-order valence-corrected chi connectivity index (χ1v) is 9.92. The molecule has 0 aliphatic carbocycles. The number of anilines is 1. The monoisotopic (exact) mass is 417 g/mol. The van der Waals surface area contributed by atoms with Crippen LogP contribution < -0.4 is 14.7 Å². The third kappa shape index (κ3) is 3.99. The summed E-state index contributed by atoms with van der Waals surface area (Å²) in [5.41, 5.74) is 1.47. The van der Waals surface area contributed by atoms with E-state index in [1.807, 2.05) is 18.4 Å². The number of rotatable bonds is 3. The molecule has 1 aromatic carbocycles. The lowest BCUT2D eigenvalue weighted by molar-refractivity contribution is -0.0718. The molecule has 0 atom stereocenters. The van der Waals surface area contributed by atoms with Crippen LogP contribution in [0, 0.1) is 11.8 Å². The average molecular weight is 417 g/mol. The highest BCUT2D eigenvalue weighted by Crippen LogP contribution is 2.19. The van der Waals surface area contributed by atoms with Crippen LogP contribution in [0.5, 0.6) is 5.88 Å². The third-order valence-electron chi connectivity index (χ3n) is 4.04. The van der Waals surface area contributed by atoms with E-state index in [1.165, 1.54) is 31.4 Å². The minimum absolute atomic E-state index is 0.284. The predicted molar refractivity (Wildman–Crippen MR) is 114 cm³/mol. The molecule has 2 aliphatic rings. The van der Waals surface area contributed by atoms with Crippen molar-refractivity contribution in [1.82, 2.24) is 19.5 Å². The Morgan fingerprint density at radius 1 is 1.33 bits per heavy atom. The lowest BCUT2D eigenvalue weighted by Gasteiger charge is -2.08. The van der Waals surface area contributed by atoms with Gasteiger partial charge in [0, 0.05) is 17.0 Å². The first-order chi connectivity index (χ1) is 14.7. The minimum Gasteiger partial charge on any atom is -0.479 e. The molecule has 4 rings (SSSR count). The summed E-state index contributed by atoms with van der Waals surface area (Å²) in [5, 5.41) is 7.71. The van der Waals surface area contributed by atoms with Crippen molar-refractivity contribution >= 4 is 40.6 Å². The van der Waals surface area contributed by atoms with Gasteiger partial charge in [0.2, 0.25) is 5.88 Å². The van der Waals surface area contributed by atoms with E-state index < -0.39 is 0 Å². The lowest BCUT2D eigenvalue weighted by Crippen LogP contribution is -2.28. The zero-order valence-corrected chi connectivity index (χ0v) is 16.8. The maximum Gasteiger partial charge on any atom is 0.469 e. The number of amidine groups is 1. The molecule has 3 heterocycles. The van der Waals surface area contributed by atoms with E-state index in [9.17, 15) is 4.79 Å². The molecule has 0 bridgehead atoms. The molecule has 2 aromatic rings. The van der Waals surface area contributed by atoms with Crippen LogP contribution in [0.4, 0.5) is 5.69 Å². The minimum atomic E-state index is -0.325. The number of nitrogens with zero attached hydrogens (tertiary/aromatic N) is 6. The lowest BCUT2D eigenvalue weighted by atomic mass is 10.1. The number of thioether (sulfide) groups is 1. The topological polar surface area (TPSA) is 108 Å². The maximum absolute atomic E-state index is 12.6. The van der Waals surface area contributed by atoms with E-state index in [1.54, 1.807) is 29.4 Å². The Balaban J connectivity index is 1.52. The molecule has 0 radical (unpaired) electrons. The van der Waals surface area contributed by atoms with Crippen molar-refractivity contribution in [3.8, 4) is 17.7 Å². The van der Waals surface area contributed by atoms with Crippen molar-refractivity contribution in [2.75, 3.05) is 18.7 Å². The van der Waals surface area contributed by atoms with Gasteiger partial charge in [0.25, 0.3) is 16.8 Å². The number of amides is 1. The Morgan fingerprint density at radius 3 is 3.07 bits per heavy atom. The fraction of sp³-hybridized carbons (Fsp3) is 0.100. The van der Waals surface area contributed by atoms with Gasteiger partial charge in [-0.2, -0.15) is 4.98 Å². The Labute approximate surface area is 176 Å². The Bertz CT molecular complexity index is 1260. The smallest absolute Gasteiger partial charge is 0.469 e. The molecule has 30 heavy (non-hydrogen) atoms. The number of carbonyl (C=O) groups is 1. The van der Waals surface area contributed by atoms with Gasteiger partial charge >= 0.3 is 12.2 Å². The van der Waals surface area contributed by atoms with Gasteiger partial charge in [0.1, 0.15) is 12.0 Å².